The maximum atomic E-state index is 11.1. The van der Waals surface area contributed by atoms with Gasteiger partial charge in [0.1, 0.15) is 0 Å². The second kappa shape index (κ2) is 4.33. The fourth-order valence-electron chi connectivity index (χ4n) is 1.04. The first-order valence-corrected chi connectivity index (χ1v) is 4.10. The molecule has 0 saturated heterocycles. The molecule has 0 aliphatic heterocycles. The van der Waals surface area contributed by atoms with E-state index in [4.69, 9.17) is 11.5 Å². The third-order valence-corrected chi connectivity index (χ3v) is 2.25. The molecule has 0 aliphatic carbocycles. The van der Waals surface area contributed by atoms with Gasteiger partial charge < -0.3 is 11.5 Å². The van der Waals surface area contributed by atoms with Gasteiger partial charge in [-0.15, -0.1) is 12.4 Å². The van der Waals surface area contributed by atoms with Gasteiger partial charge in [-0.2, -0.15) is 0 Å². The zero-order valence-electron chi connectivity index (χ0n) is 8.28. The molecule has 0 fully saturated rings. The second-order valence-electron chi connectivity index (χ2n) is 3.61. The molecule has 1 amide bonds. The first-order chi connectivity index (χ1) is 5.94. The molecule has 0 unspecified atom stereocenters. The minimum Gasteiger partial charge on any atom is -0.399 e. The predicted molar refractivity (Wildman–Crippen MR) is 60.3 cm³/mol. The van der Waals surface area contributed by atoms with Crippen LogP contribution in [0.2, 0.25) is 0 Å². The molecule has 4 N–H and O–H groups in total. The number of hydrogen-bond acceptors (Lipinski definition) is 2. The summed E-state index contributed by atoms with van der Waals surface area (Å²) in [5.74, 6) is -0.336. The lowest BCUT2D eigenvalue weighted by Gasteiger charge is -2.20. The summed E-state index contributed by atoms with van der Waals surface area (Å²) in [5.41, 5.74) is 11.7. The topological polar surface area (TPSA) is 69.1 Å². The molecule has 0 saturated carbocycles. The summed E-state index contributed by atoms with van der Waals surface area (Å²) < 4.78 is 0. The van der Waals surface area contributed by atoms with Crippen LogP contribution < -0.4 is 11.5 Å². The standard InChI is InChI=1S/C10H14N2O.ClH/c1-10(2,9(12)13)7-3-5-8(11)6-4-7;/h3-6H,11H2,1-2H3,(H2,12,13);1H. The number of nitrogen functional groups attached to an aromatic ring is 1. The first kappa shape index (κ1) is 12.8. The molecule has 0 atom stereocenters. The summed E-state index contributed by atoms with van der Waals surface area (Å²) >= 11 is 0. The Balaban J connectivity index is 0.00000169. The van der Waals surface area contributed by atoms with E-state index < -0.39 is 5.41 Å². The van der Waals surface area contributed by atoms with E-state index in [2.05, 4.69) is 0 Å². The lowest BCUT2D eigenvalue weighted by Crippen LogP contribution is -2.35. The number of rotatable bonds is 2. The van der Waals surface area contributed by atoms with Crippen molar-refractivity contribution in [1.82, 2.24) is 0 Å². The Kier molecular flexibility index (Phi) is 3.95. The maximum Gasteiger partial charge on any atom is 0.227 e. The fraction of sp³-hybridized carbons (Fsp3) is 0.300. The van der Waals surface area contributed by atoms with Gasteiger partial charge in [-0.1, -0.05) is 12.1 Å². The van der Waals surface area contributed by atoms with Crippen LogP contribution in [0.4, 0.5) is 5.69 Å². The van der Waals surface area contributed by atoms with Gasteiger partial charge in [0.25, 0.3) is 0 Å². The minimum atomic E-state index is -0.631. The van der Waals surface area contributed by atoms with Gasteiger partial charge in [0, 0.05) is 5.69 Å². The van der Waals surface area contributed by atoms with Gasteiger partial charge in [0.2, 0.25) is 5.91 Å². The predicted octanol–water partition coefficient (Wildman–Crippen LogP) is 1.45. The third-order valence-electron chi connectivity index (χ3n) is 2.25. The van der Waals surface area contributed by atoms with Crippen LogP contribution in [0.5, 0.6) is 0 Å². The van der Waals surface area contributed by atoms with Crippen LogP contribution in [-0.2, 0) is 10.2 Å². The summed E-state index contributed by atoms with van der Waals surface area (Å²) in [5, 5.41) is 0. The lowest BCUT2D eigenvalue weighted by atomic mass is 9.84. The van der Waals surface area contributed by atoms with Crippen LogP contribution >= 0.6 is 12.4 Å². The highest BCUT2D eigenvalue weighted by atomic mass is 35.5. The largest absolute Gasteiger partial charge is 0.399 e. The summed E-state index contributed by atoms with van der Waals surface area (Å²) in [6, 6.07) is 7.17. The molecule has 0 aromatic heterocycles. The monoisotopic (exact) mass is 214 g/mol. The smallest absolute Gasteiger partial charge is 0.227 e. The molecule has 0 heterocycles. The Labute approximate surface area is 89.9 Å². The number of halogens is 1. The Morgan fingerprint density at radius 3 is 2.00 bits per heavy atom. The summed E-state index contributed by atoms with van der Waals surface area (Å²) in [6.07, 6.45) is 0. The van der Waals surface area contributed by atoms with E-state index >= 15 is 0 Å². The maximum absolute atomic E-state index is 11.1. The van der Waals surface area contributed by atoms with E-state index in [1.807, 2.05) is 12.1 Å². The van der Waals surface area contributed by atoms with Crippen molar-refractivity contribution in [1.29, 1.82) is 0 Å². The van der Waals surface area contributed by atoms with Crippen molar-refractivity contribution in [2.24, 2.45) is 5.73 Å². The Hall–Kier alpha value is -1.22. The number of primary amides is 1. The van der Waals surface area contributed by atoms with E-state index in [0.717, 1.165) is 5.56 Å². The number of benzene rings is 1. The molecular formula is C10H15ClN2O. The molecule has 0 bridgehead atoms. The highest BCUT2D eigenvalue weighted by molar-refractivity contribution is 5.86. The van der Waals surface area contributed by atoms with Crippen molar-refractivity contribution >= 4 is 24.0 Å². The van der Waals surface area contributed by atoms with Gasteiger partial charge in [-0.3, -0.25) is 4.79 Å². The van der Waals surface area contributed by atoms with Gasteiger partial charge in [-0.25, -0.2) is 0 Å². The molecule has 3 nitrogen and oxygen atoms in total. The average molecular weight is 215 g/mol. The van der Waals surface area contributed by atoms with Crippen molar-refractivity contribution in [3.63, 3.8) is 0 Å². The number of amides is 1. The highest BCUT2D eigenvalue weighted by Crippen LogP contribution is 2.23. The fourth-order valence-corrected chi connectivity index (χ4v) is 1.04. The third kappa shape index (κ3) is 2.39. The number of nitrogens with two attached hydrogens (primary N) is 2. The quantitative estimate of drug-likeness (QED) is 0.732. The van der Waals surface area contributed by atoms with Crippen molar-refractivity contribution in [2.75, 3.05) is 5.73 Å². The average Bonchev–Trinajstić information content (AvgIpc) is 2.04. The molecule has 14 heavy (non-hydrogen) atoms. The normalized spacial score (nSPS) is 10.4. The van der Waals surface area contributed by atoms with Crippen molar-refractivity contribution in [3.8, 4) is 0 Å². The Bertz CT molecular complexity index is 319. The molecular weight excluding hydrogens is 200 g/mol. The first-order valence-electron chi connectivity index (χ1n) is 4.10. The molecule has 1 aromatic rings. The highest BCUT2D eigenvalue weighted by Gasteiger charge is 2.26. The van der Waals surface area contributed by atoms with Crippen LogP contribution in [0.25, 0.3) is 0 Å². The van der Waals surface area contributed by atoms with E-state index in [9.17, 15) is 4.79 Å². The molecule has 0 aliphatic rings. The van der Waals surface area contributed by atoms with Crippen LogP contribution in [-0.4, -0.2) is 5.91 Å². The number of anilines is 1. The summed E-state index contributed by atoms with van der Waals surface area (Å²) in [7, 11) is 0. The van der Waals surface area contributed by atoms with Gasteiger partial charge >= 0.3 is 0 Å². The van der Waals surface area contributed by atoms with E-state index in [-0.39, 0.29) is 18.3 Å². The zero-order valence-corrected chi connectivity index (χ0v) is 9.10. The Morgan fingerprint density at radius 1 is 1.21 bits per heavy atom. The summed E-state index contributed by atoms with van der Waals surface area (Å²) in [6.45, 7) is 3.59. The minimum absolute atomic E-state index is 0. The second-order valence-corrected chi connectivity index (χ2v) is 3.61. The molecule has 1 rings (SSSR count). The van der Waals surface area contributed by atoms with E-state index in [1.165, 1.54) is 0 Å². The van der Waals surface area contributed by atoms with Gasteiger partial charge in [-0.05, 0) is 31.5 Å². The zero-order chi connectivity index (χ0) is 10.1. The number of carbonyl (C=O) groups excluding carboxylic acids is 1. The molecule has 0 radical (unpaired) electrons. The van der Waals surface area contributed by atoms with Crippen molar-refractivity contribution in [3.05, 3.63) is 29.8 Å². The molecule has 0 spiro atoms. The lowest BCUT2D eigenvalue weighted by molar-refractivity contribution is -0.122. The van der Waals surface area contributed by atoms with Crippen LogP contribution in [0, 0.1) is 0 Å². The van der Waals surface area contributed by atoms with Crippen molar-refractivity contribution < 1.29 is 4.79 Å². The molecule has 4 heteroatoms. The van der Waals surface area contributed by atoms with E-state index in [0.29, 0.717) is 5.69 Å². The van der Waals surface area contributed by atoms with E-state index in [1.54, 1.807) is 26.0 Å². The molecule has 78 valence electrons. The van der Waals surface area contributed by atoms with Crippen LogP contribution in [0.15, 0.2) is 24.3 Å². The number of hydrogen-bond donors (Lipinski definition) is 2. The van der Waals surface area contributed by atoms with Crippen molar-refractivity contribution in [2.45, 2.75) is 19.3 Å². The van der Waals surface area contributed by atoms with Crippen LogP contribution in [0.3, 0.4) is 0 Å². The van der Waals surface area contributed by atoms with Crippen LogP contribution in [0.1, 0.15) is 19.4 Å². The SMILES string of the molecule is CC(C)(C(N)=O)c1ccc(N)cc1.Cl. The molecule has 1 aromatic carbocycles. The number of carbonyl (C=O) groups is 1. The summed E-state index contributed by atoms with van der Waals surface area (Å²) in [4.78, 5) is 11.1. The van der Waals surface area contributed by atoms with Gasteiger partial charge in [0.05, 0.1) is 5.41 Å². The Morgan fingerprint density at radius 2 is 1.64 bits per heavy atom. The van der Waals surface area contributed by atoms with Gasteiger partial charge in [0.15, 0.2) is 0 Å².